The van der Waals surface area contributed by atoms with Gasteiger partial charge in [-0.2, -0.15) is 18.5 Å². The van der Waals surface area contributed by atoms with Crippen LogP contribution in [0.3, 0.4) is 0 Å². The van der Waals surface area contributed by atoms with Gasteiger partial charge in [-0.25, -0.2) is 0 Å². The van der Waals surface area contributed by atoms with Crippen LogP contribution in [0.5, 0.6) is 0 Å². The maximum Gasteiger partial charge on any atom is 0.245 e. The fourth-order valence-electron chi connectivity index (χ4n) is 0.228. The van der Waals surface area contributed by atoms with Gasteiger partial charge in [0.1, 0.15) is 0 Å². The van der Waals surface area contributed by atoms with E-state index in [0.29, 0.717) is 4.38 Å². The van der Waals surface area contributed by atoms with Crippen LogP contribution in [0.4, 0.5) is 0 Å². The van der Waals surface area contributed by atoms with Crippen LogP contribution in [-0.2, 0) is 4.84 Å². The molecule has 0 unspecified atom stereocenters. The zero-order valence-electron chi connectivity index (χ0n) is 5.25. The van der Waals surface area contributed by atoms with Crippen LogP contribution >= 0.6 is 36.6 Å². The average Bonchev–Trinajstić information content (AvgIpc) is 1.62. The van der Waals surface area contributed by atoms with Crippen molar-refractivity contribution in [3.05, 3.63) is 0 Å². The second-order valence-electron chi connectivity index (χ2n) is 1.92. The topological polar surface area (TPSA) is 35.2 Å². The van der Waals surface area contributed by atoms with E-state index in [2.05, 4.69) is 29.7 Å². The highest BCUT2D eigenvalue weighted by Gasteiger charge is 2.15. The molecule has 0 aliphatic carbocycles. The molecule has 54 valence electrons. The molecule has 0 atom stereocenters. The molecule has 0 rings (SSSR count). The highest BCUT2D eigenvalue weighted by molar-refractivity contribution is 8.28. The van der Waals surface area contributed by atoms with Gasteiger partial charge in [-0.15, -0.1) is 0 Å². The van der Waals surface area contributed by atoms with E-state index in [1.807, 2.05) is 13.8 Å². The summed E-state index contributed by atoms with van der Waals surface area (Å²) >= 11 is 10.2. The first-order chi connectivity index (χ1) is 3.95. The number of hydrogen-bond acceptors (Lipinski definition) is 5. The van der Waals surface area contributed by atoms with Crippen LogP contribution in [0.2, 0.25) is 0 Å². The van der Waals surface area contributed by atoms with Crippen LogP contribution in [0.25, 0.3) is 0 Å². The molecule has 0 amide bonds. The maximum atomic E-state index is 4.78. The lowest BCUT2D eigenvalue weighted by Crippen LogP contribution is -2.12. The minimum absolute atomic E-state index is 0.212. The van der Waals surface area contributed by atoms with Crippen molar-refractivity contribution in [3.63, 3.8) is 0 Å². The van der Waals surface area contributed by atoms with E-state index in [1.54, 1.807) is 0 Å². The van der Waals surface area contributed by atoms with Crippen molar-refractivity contribution in [2.45, 2.75) is 17.9 Å². The van der Waals surface area contributed by atoms with E-state index in [0.717, 1.165) is 0 Å². The van der Waals surface area contributed by atoms with Gasteiger partial charge in [0.05, 0.1) is 4.08 Å². The Balaban J connectivity index is 3.60. The Morgan fingerprint density at radius 2 is 2.22 bits per heavy atom. The van der Waals surface area contributed by atoms with Gasteiger partial charge in [0.25, 0.3) is 0 Å². The molecule has 2 nitrogen and oxygen atoms in total. The molecule has 0 spiro atoms. The Labute approximate surface area is 69.9 Å². The molecule has 0 radical (unpaired) electrons. The van der Waals surface area contributed by atoms with Gasteiger partial charge in [0, 0.05) is 0 Å². The summed E-state index contributed by atoms with van der Waals surface area (Å²) in [6, 6.07) is 0. The molecule has 0 aliphatic rings. The monoisotopic (exact) mass is 183 g/mol. The molecule has 0 saturated heterocycles. The molecule has 0 aromatic rings. The molecule has 0 saturated carbocycles. The summed E-state index contributed by atoms with van der Waals surface area (Å²) in [5.74, 6) is 4.78. The third-order valence-corrected chi connectivity index (χ3v) is 1.81. The standard InChI is InChI=1S/C4H9NOS3/c1-4(2,8)9-3(7)6-5/h8H,5H2,1-2H3. The van der Waals surface area contributed by atoms with Crippen molar-refractivity contribution in [1.82, 2.24) is 0 Å². The molecule has 0 bridgehead atoms. The number of rotatable bonds is 1. The molecule has 2 N–H and O–H groups in total. The molecule has 0 heterocycles. The van der Waals surface area contributed by atoms with Crippen molar-refractivity contribution >= 4 is 41.0 Å². The summed E-state index contributed by atoms with van der Waals surface area (Å²) in [4.78, 5) is 4.27. The number of hydrogen-bond donors (Lipinski definition) is 2. The van der Waals surface area contributed by atoms with Crippen molar-refractivity contribution in [2.24, 2.45) is 5.90 Å². The summed E-state index contributed by atoms with van der Waals surface area (Å²) in [6.45, 7) is 3.82. The Morgan fingerprint density at radius 3 is 2.33 bits per heavy atom. The van der Waals surface area contributed by atoms with Crippen LogP contribution in [-0.4, -0.2) is 8.46 Å². The highest BCUT2D eigenvalue weighted by atomic mass is 32.2. The third kappa shape index (κ3) is 6.44. The molecule has 0 aromatic heterocycles. The van der Waals surface area contributed by atoms with E-state index in [9.17, 15) is 0 Å². The zero-order valence-corrected chi connectivity index (χ0v) is 7.78. The third-order valence-electron chi connectivity index (χ3n) is 0.429. The Kier molecular flexibility index (Phi) is 3.88. The van der Waals surface area contributed by atoms with Crippen LogP contribution in [0.1, 0.15) is 13.8 Å². The normalized spacial score (nSPS) is 11.1. The summed E-state index contributed by atoms with van der Waals surface area (Å²) in [6.07, 6.45) is 0. The van der Waals surface area contributed by atoms with Gasteiger partial charge in [0.15, 0.2) is 0 Å². The Hall–Kier alpha value is 0.550. The lowest BCUT2D eigenvalue weighted by molar-refractivity contribution is 0.340. The van der Waals surface area contributed by atoms with Gasteiger partial charge >= 0.3 is 0 Å². The lowest BCUT2D eigenvalue weighted by Gasteiger charge is -2.14. The second-order valence-corrected chi connectivity index (χ2v) is 5.56. The molecule has 0 fully saturated rings. The van der Waals surface area contributed by atoms with E-state index in [-0.39, 0.29) is 4.08 Å². The van der Waals surface area contributed by atoms with E-state index < -0.39 is 0 Å². The number of thiol groups is 1. The van der Waals surface area contributed by atoms with Crippen molar-refractivity contribution < 1.29 is 4.84 Å². The van der Waals surface area contributed by atoms with Gasteiger partial charge in [-0.3, -0.25) is 0 Å². The van der Waals surface area contributed by atoms with Crippen molar-refractivity contribution in [1.29, 1.82) is 0 Å². The van der Waals surface area contributed by atoms with Crippen LogP contribution < -0.4 is 5.90 Å². The average molecular weight is 183 g/mol. The molecule has 0 aliphatic heterocycles. The summed E-state index contributed by atoms with van der Waals surface area (Å²) in [7, 11) is 0. The van der Waals surface area contributed by atoms with Gasteiger partial charge < -0.3 is 4.84 Å². The highest BCUT2D eigenvalue weighted by Crippen LogP contribution is 2.28. The fourth-order valence-corrected chi connectivity index (χ4v) is 1.74. The predicted octanol–water partition coefficient (Wildman–Crippen LogP) is 1.56. The van der Waals surface area contributed by atoms with E-state index in [1.165, 1.54) is 11.8 Å². The maximum absolute atomic E-state index is 4.78. The smallest absolute Gasteiger partial charge is 0.245 e. The first-order valence-corrected chi connectivity index (χ1v) is 3.95. The summed E-state index contributed by atoms with van der Waals surface area (Å²) in [5, 5.41) is 0. The zero-order chi connectivity index (χ0) is 7.49. The van der Waals surface area contributed by atoms with Gasteiger partial charge in [-0.1, -0.05) is 11.8 Å². The first kappa shape index (κ1) is 9.55. The summed E-state index contributed by atoms with van der Waals surface area (Å²) in [5.41, 5.74) is 0. The van der Waals surface area contributed by atoms with Gasteiger partial charge in [0.2, 0.25) is 4.38 Å². The minimum Gasteiger partial charge on any atom is -0.392 e. The molecular formula is C4H9NOS3. The second kappa shape index (κ2) is 3.65. The summed E-state index contributed by atoms with van der Waals surface area (Å²) < 4.78 is 0.103. The fraction of sp³-hybridized carbons (Fsp3) is 0.750. The van der Waals surface area contributed by atoms with E-state index in [4.69, 9.17) is 5.90 Å². The SMILES string of the molecule is CC(C)(S)SC(=S)ON. The number of nitrogens with two attached hydrogens (primary N) is 1. The molecule has 0 aromatic carbocycles. The largest absolute Gasteiger partial charge is 0.392 e. The van der Waals surface area contributed by atoms with Gasteiger partial charge in [-0.05, 0) is 26.1 Å². The Morgan fingerprint density at radius 1 is 1.78 bits per heavy atom. The minimum atomic E-state index is -0.212. The van der Waals surface area contributed by atoms with Crippen LogP contribution in [0, 0.1) is 0 Å². The molecule has 5 heteroatoms. The number of thiocarbonyl (C=S) groups is 1. The Bertz CT molecular complexity index is 109. The molecular weight excluding hydrogens is 174 g/mol. The molecule has 9 heavy (non-hydrogen) atoms. The number of thioether (sulfide) groups is 1. The predicted molar refractivity (Wildman–Crippen MR) is 48.5 cm³/mol. The van der Waals surface area contributed by atoms with E-state index >= 15 is 0 Å². The lowest BCUT2D eigenvalue weighted by atomic mass is 10.5. The quantitative estimate of drug-likeness (QED) is 0.280. The first-order valence-electron chi connectivity index (χ1n) is 2.28. The van der Waals surface area contributed by atoms with Crippen molar-refractivity contribution in [2.75, 3.05) is 0 Å². The van der Waals surface area contributed by atoms with Crippen molar-refractivity contribution in [3.8, 4) is 0 Å². The van der Waals surface area contributed by atoms with Crippen LogP contribution in [0.15, 0.2) is 0 Å².